The summed E-state index contributed by atoms with van der Waals surface area (Å²) in [6, 6.07) is 5.51. The molecule has 1 aliphatic rings. The molecule has 0 saturated carbocycles. The smallest absolute Gasteiger partial charge is 0.171 e. The normalized spacial score (nSPS) is 23.9. The van der Waals surface area contributed by atoms with E-state index in [4.69, 9.17) is 22.5 Å². The van der Waals surface area contributed by atoms with E-state index in [-0.39, 0.29) is 18.5 Å². The van der Waals surface area contributed by atoms with Crippen LogP contribution in [0.2, 0.25) is 5.02 Å². The van der Waals surface area contributed by atoms with E-state index in [1.54, 1.807) is 12.1 Å². The van der Waals surface area contributed by atoms with Crippen LogP contribution in [0.1, 0.15) is 18.9 Å². The first-order valence-electron chi connectivity index (χ1n) is 6.23. The van der Waals surface area contributed by atoms with Crippen LogP contribution in [0.25, 0.3) is 0 Å². The second kappa shape index (κ2) is 5.67. The number of aliphatic hydroxyl groups excluding tert-OH is 1. The third-order valence-corrected chi connectivity index (χ3v) is 4.05. The van der Waals surface area contributed by atoms with Gasteiger partial charge in [0.2, 0.25) is 0 Å². The van der Waals surface area contributed by atoms with E-state index < -0.39 is 0 Å². The van der Waals surface area contributed by atoms with Gasteiger partial charge in [-0.05, 0) is 30.5 Å². The number of rotatable bonds is 3. The molecule has 0 aliphatic carbocycles. The van der Waals surface area contributed by atoms with E-state index in [9.17, 15) is 5.11 Å². The molecular weight excluding hydrogens is 266 g/mol. The van der Waals surface area contributed by atoms with Gasteiger partial charge in [-0.25, -0.2) is 0 Å². The lowest BCUT2D eigenvalue weighted by Gasteiger charge is -2.27. The third kappa shape index (κ3) is 2.62. The predicted octanol–water partition coefficient (Wildman–Crippen LogP) is 1.64. The van der Waals surface area contributed by atoms with Crippen molar-refractivity contribution < 1.29 is 10.3 Å². The molecule has 2 atom stereocenters. The number of aliphatic hydroxyl groups is 1. The van der Waals surface area contributed by atoms with Gasteiger partial charge in [-0.15, -0.1) is 0 Å². The van der Waals surface area contributed by atoms with Gasteiger partial charge in [-0.2, -0.15) is 0 Å². The average Bonchev–Trinajstić information content (AvgIpc) is 2.78. The minimum atomic E-state index is -0.00921. The van der Waals surface area contributed by atoms with E-state index in [2.05, 4.69) is 17.0 Å². The first-order chi connectivity index (χ1) is 9.08. The Hall–Kier alpha value is -1.46. The van der Waals surface area contributed by atoms with Gasteiger partial charge in [0.15, 0.2) is 5.84 Å². The van der Waals surface area contributed by atoms with Crippen molar-refractivity contribution >= 4 is 23.1 Å². The molecule has 2 unspecified atom stereocenters. The Balaban J connectivity index is 2.30. The van der Waals surface area contributed by atoms with Gasteiger partial charge in [0, 0.05) is 17.8 Å². The highest BCUT2D eigenvalue weighted by atomic mass is 35.5. The lowest BCUT2D eigenvalue weighted by Crippen LogP contribution is -2.35. The van der Waals surface area contributed by atoms with Crippen molar-refractivity contribution in [2.45, 2.75) is 19.4 Å². The highest BCUT2D eigenvalue weighted by Gasteiger charge is 2.30. The molecule has 0 bridgehead atoms. The number of oxime groups is 1. The molecule has 0 radical (unpaired) electrons. The van der Waals surface area contributed by atoms with Crippen LogP contribution in [0.15, 0.2) is 23.4 Å². The Bertz CT molecular complexity index is 493. The molecule has 1 fully saturated rings. The quantitative estimate of drug-likeness (QED) is 0.341. The summed E-state index contributed by atoms with van der Waals surface area (Å²) in [5, 5.41) is 21.5. The molecule has 2 rings (SSSR count). The fourth-order valence-electron chi connectivity index (χ4n) is 2.55. The zero-order valence-corrected chi connectivity index (χ0v) is 11.5. The molecule has 0 spiro atoms. The van der Waals surface area contributed by atoms with Gasteiger partial charge in [0.05, 0.1) is 17.7 Å². The van der Waals surface area contributed by atoms with E-state index in [0.29, 0.717) is 16.5 Å². The van der Waals surface area contributed by atoms with Crippen molar-refractivity contribution in [2.24, 2.45) is 16.8 Å². The third-order valence-electron chi connectivity index (χ3n) is 3.74. The van der Waals surface area contributed by atoms with Crippen LogP contribution in [-0.4, -0.2) is 35.3 Å². The summed E-state index contributed by atoms with van der Waals surface area (Å²) in [5.74, 6) is 0.442. The maximum absolute atomic E-state index is 9.47. The monoisotopic (exact) mass is 283 g/mol. The maximum atomic E-state index is 9.47. The summed E-state index contributed by atoms with van der Waals surface area (Å²) in [6.45, 7) is 3.15. The summed E-state index contributed by atoms with van der Waals surface area (Å²) in [4.78, 5) is 2.15. The standard InChI is InChI=1S/C13H18ClN3O2/c1-8-4-5-17(12(8)7-18)9-2-3-10(11(14)6-9)13(15)16-19/h2-3,6,8,12,18-19H,4-5,7H2,1H3,(H2,15,16). The van der Waals surface area contributed by atoms with E-state index in [0.717, 1.165) is 18.7 Å². The maximum Gasteiger partial charge on any atom is 0.171 e. The Morgan fingerprint density at radius 2 is 2.32 bits per heavy atom. The molecule has 1 aromatic rings. The highest BCUT2D eigenvalue weighted by molar-refractivity contribution is 6.34. The van der Waals surface area contributed by atoms with Crippen molar-refractivity contribution in [3.05, 3.63) is 28.8 Å². The lowest BCUT2D eigenvalue weighted by atomic mass is 10.0. The second-order valence-corrected chi connectivity index (χ2v) is 5.27. The highest BCUT2D eigenvalue weighted by Crippen LogP contribution is 2.32. The minimum absolute atomic E-state index is 0.00921. The van der Waals surface area contributed by atoms with E-state index in [1.165, 1.54) is 0 Å². The van der Waals surface area contributed by atoms with Crippen LogP contribution in [0.5, 0.6) is 0 Å². The fourth-order valence-corrected chi connectivity index (χ4v) is 2.82. The number of amidine groups is 1. The van der Waals surface area contributed by atoms with Crippen LogP contribution in [0.3, 0.4) is 0 Å². The average molecular weight is 284 g/mol. The topological polar surface area (TPSA) is 82.1 Å². The number of halogens is 1. The summed E-state index contributed by atoms with van der Waals surface area (Å²) >= 11 is 6.15. The number of nitrogens with zero attached hydrogens (tertiary/aromatic N) is 2. The number of hydrogen-bond acceptors (Lipinski definition) is 4. The Morgan fingerprint density at radius 3 is 2.89 bits per heavy atom. The van der Waals surface area contributed by atoms with Gasteiger partial charge in [0.1, 0.15) is 0 Å². The SMILES string of the molecule is CC1CCN(c2ccc(/C(N)=N/O)c(Cl)c2)C1CO. The lowest BCUT2D eigenvalue weighted by molar-refractivity contribution is 0.245. The van der Waals surface area contributed by atoms with Crippen molar-refractivity contribution in [1.29, 1.82) is 0 Å². The molecule has 1 saturated heterocycles. The zero-order chi connectivity index (χ0) is 14.0. The minimum Gasteiger partial charge on any atom is -0.409 e. The van der Waals surface area contributed by atoms with E-state index in [1.807, 2.05) is 6.07 Å². The summed E-state index contributed by atoms with van der Waals surface area (Å²) in [6.07, 6.45) is 1.05. The van der Waals surface area contributed by atoms with Gasteiger partial charge >= 0.3 is 0 Å². The molecule has 0 amide bonds. The molecule has 1 heterocycles. The molecule has 5 nitrogen and oxygen atoms in total. The summed E-state index contributed by atoms with van der Waals surface area (Å²) < 4.78 is 0. The van der Waals surface area contributed by atoms with Gasteiger partial charge < -0.3 is 20.9 Å². The number of nitrogens with two attached hydrogens (primary N) is 1. The van der Waals surface area contributed by atoms with Crippen LogP contribution in [0, 0.1) is 5.92 Å². The number of benzene rings is 1. The predicted molar refractivity (Wildman–Crippen MR) is 76.0 cm³/mol. The van der Waals surface area contributed by atoms with Crippen molar-refractivity contribution in [3.63, 3.8) is 0 Å². The van der Waals surface area contributed by atoms with Crippen molar-refractivity contribution in [2.75, 3.05) is 18.1 Å². The van der Waals surface area contributed by atoms with E-state index >= 15 is 0 Å². The Kier molecular flexibility index (Phi) is 4.17. The van der Waals surface area contributed by atoms with Gasteiger partial charge in [0.25, 0.3) is 0 Å². The summed E-state index contributed by atoms with van der Waals surface area (Å²) in [7, 11) is 0. The number of anilines is 1. The van der Waals surface area contributed by atoms with Gasteiger partial charge in [-0.1, -0.05) is 23.7 Å². The molecule has 1 aromatic carbocycles. The molecule has 19 heavy (non-hydrogen) atoms. The fraction of sp³-hybridized carbons (Fsp3) is 0.462. The van der Waals surface area contributed by atoms with Crippen molar-refractivity contribution in [3.8, 4) is 0 Å². The molecule has 104 valence electrons. The molecular formula is C13H18ClN3O2. The number of hydrogen-bond donors (Lipinski definition) is 3. The zero-order valence-electron chi connectivity index (χ0n) is 10.8. The first-order valence-corrected chi connectivity index (χ1v) is 6.61. The molecule has 0 aromatic heterocycles. The Morgan fingerprint density at radius 1 is 1.58 bits per heavy atom. The summed E-state index contributed by atoms with van der Waals surface area (Å²) in [5.41, 5.74) is 6.98. The van der Waals surface area contributed by atoms with Crippen LogP contribution < -0.4 is 10.6 Å². The first kappa shape index (κ1) is 14.0. The molecule has 1 aliphatic heterocycles. The molecule has 6 heteroatoms. The van der Waals surface area contributed by atoms with Gasteiger partial charge in [-0.3, -0.25) is 0 Å². The molecule has 4 N–H and O–H groups in total. The van der Waals surface area contributed by atoms with Crippen LogP contribution >= 0.6 is 11.6 Å². The largest absolute Gasteiger partial charge is 0.409 e. The second-order valence-electron chi connectivity index (χ2n) is 4.86. The van der Waals surface area contributed by atoms with Crippen LogP contribution in [-0.2, 0) is 0 Å². The van der Waals surface area contributed by atoms with Crippen molar-refractivity contribution in [1.82, 2.24) is 0 Å². The van der Waals surface area contributed by atoms with Crippen LogP contribution in [0.4, 0.5) is 5.69 Å². The Labute approximate surface area is 117 Å².